The minimum absolute atomic E-state index is 0.342. The predicted octanol–water partition coefficient (Wildman–Crippen LogP) is 2.56. The van der Waals surface area contributed by atoms with Crippen LogP contribution in [0.4, 0.5) is 0 Å². The highest BCUT2D eigenvalue weighted by atomic mass is 16.5. The minimum Gasteiger partial charge on any atom is -0.378 e. The van der Waals surface area contributed by atoms with E-state index in [0.717, 1.165) is 25.9 Å². The first kappa shape index (κ1) is 10.2. The van der Waals surface area contributed by atoms with E-state index in [4.69, 9.17) is 4.74 Å². The van der Waals surface area contributed by atoms with Crippen molar-refractivity contribution in [1.29, 1.82) is 0 Å². The molecule has 0 heterocycles. The van der Waals surface area contributed by atoms with Gasteiger partial charge in [0, 0.05) is 18.9 Å². The summed E-state index contributed by atoms with van der Waals surface area (Å²) in [6.45, 7) is 2.84. The lowest BCUT2D eigenvalue weighted by atomic mass is 9.69. The van der Waals surface area contributed by atoms with E-state index in [-0.39, 0.29) is 0 Å². The van der Waals surface area contributed by atoms with Gasteiger partial charge in [-0.2, -0.15) is 0 Å². The molecule has 0 aromatic carbocycles. The third kappa shape index (κ3) is 1.85. The van der Waals surface area contributed by atoms with Crippen LogP contribution in [0.1, 0.15) is 45.4 Å². The van der Waals surface area contributed by atoms with E-state index >= 15 is 0 Å². The number of hydrogen-bond donors (Lipinski definition) is 0. The molecule has 2 nitrogen and oxygen atoms in total. The number of fused-ring (bicyclic) bond motifs is 1. The zero-order valence-corrected chi connectivity index (χ0v) is 9.00. The van der Waals surface area contributed by atoms with Crippen molar-refractivity contribution in [3.63, 3.8) is 0 Å². The van der Waals surface area contributed by atoms with Crippen LogP contribution in [0.25, 0.3) is 0 Å². The van der Waals surface area contributed by atoms with Gasteiger partial charge in [-0.15, -0.1) is 0 Å². The normalized spacial score (nSPS) is 38.1. The SMILES string of the molecule is CCOC1CCC(=O)C2CCCCC12. The summed E-state index contributed by atoms with van der Waals surface area (Å²) in [5, 5.41) is 0. The van der Waals surface area contributed by atoms with E-state index in [9.17, 15) is 4.79 Å². The van der Waals surface area contributed by atoms with Crippen LogP contribution in [0.15, 0.2) is 0 Å². The summed E-state index contributed by atoms with van der Waals surface area (Å²) in [4.78, 5) is 11.7. The van der Waals surface area contributed by atoms with Gasteiger partial charge in [0.2, 0.25) is 0 Å². The first-order valence-electron chi connectivity index (χ1n) is 5.97. The molecular weight excluding hydrogens is 176 g/mol. The highest BCUT2D eigenvalue weighted by Gasteiger charge is 2.39. The Kier molecular flexibility index (Phi) is 3.22. The van der Waals surface area contributed by atoms with Gasteiger partial charge in [-0.3, -0.25) is 4.79 Å². The largest absolute Gasteiger partial charge is 0.378 e. The van der Waals surface area contributed by atoms with Gasteiger partial charge in [-0.25, -0.2) is 0 Å². The molecule has 0 N–H and O–H groups in total. The summed E-state index contributed by atoms with van der Waals surface area (Å²) < 4.78 is 5.75. The fraction of sp³-hybridized carbons (Fsp3) is 0.917. The topological polar surface area (TPSA) is 26.3 Å². The first-order chi connectivity index (χ1) is 6.83. The number of ether oxygens (including phenoxy) is 1. The maximum absolute atomic E-state index is 11.7. The van der Waals surface area contributed by atoms with Gasteiger partial charge in [-0.05, 0) is 32.1 Å². The molecule has 0 aromatic rings. The summed E-state index contributed by atoms with van der Waals surface area (Å²) in [6, 6.07) is 0. The molecule has 2 fully saturated rings. The lowest BCUT2D eigenvalue weighted by Crippen LogP contribution is -2.41. The minimum atomic E-state index is 0.342. The Balaban J connectivity index is 2.04. The molecular formula is C12H20O2. The Labute approximate surface area is 86.0 Å². The quantitative estimate of drug-likeness (QED) is 0.678. The van der Waals surface area contributed by atoms with Crippen LogP contribution in [0.2, 0.25) is 0 Å². The Bertz CT molecular complexity index is 212. The highest BCUT2D eigenvalue weighted by molar-refractivity contribution is 5.82. The standard InChI is InChI=1S/C12H20O2/c1-2-14-12-8-7-11(13)9-5-3-4-6-10(9)12/h9-10,12H,2-8H2,1H3. The van der Waals surface area contributed by atoms with Crippen molar-refractivity contribution in [3.8, 4) is 0 Å². The monoisotopic (exact) mass is 196 g/mol. The lowest BCUT2D eigenvalue weighted by molar-refractivity contribution is -0.135. The van der Waals surface area contributed by atoms with Gasteiger partial charge < -0.3 is 4.74 Å². The van der Waals surface area contributed by atoms with E-state index < -0.39 is 0 Å². The molecule has 2 heteroatoms. The molecule has 2 aliphatic carbocycles. The maximum atomic E-state index is 11.7. The number of carbonyl (C=O) groups excluding carboxylic acids is 1. The van der Waals surface area contributed by atoms with Crippen molar-refractivity contribution in [2.75, 3.05) is 6.61 Å². The van der Waals surface area contributed by atoms with Crippen LogP contribution in [0.3, 0.4) is 0 Å². The Morgan fingerprint density at radius 3 is 2.86 bits per heavy atom. The van der Waals surface area contributed by atoms with Crippen molar-refractivity contribution < 1.29 is 9.53 Å². The second-order valence-corrected chi connectivity index (χ2v) is 4.55. The van der Waals surface area contributed by atoms with E-state index in [1.165, 1.54) is 19.3 Å². The molecule has 2 rings (SSSR count). The van der Waals surface area contributed by atoms with Crippen LogP contribution in [0, 0.1) is 11.8 Å². The van der Waals surface area contributed by atoms with Crippen molar-refractivity contribution >= 4 is 5.78 Å². The summed E-state index contributed by atoms with van der Waals surface area (Å²) in [7, 11) is 0. The summed E-state index contributed by atoms with van der Waals surface area (Å²) >= 11 is 0. The average Bonchev–Trinajstić information content (AvgIpc) is 2.23. The van der Waals surface area contributed by atoms with E-state index in [1.54, 1.807) is 0 Å². The maximum Gasteiger partial charge on any atom is 0.136 e. The molecule has 0 radical (unpaired) electrons. The van der Waals surface area contributed by atoms with Crippen LogP contribution >= 0.6 is 0 Å². The van der Waals surface area contributed by atoms with Crippen LogP contribution in [-0.2, 0) is 9.53 Å². The fourth-order valence-corrected chi connectivity index (χ4v) is 3.11. The average molecular weight is 196 g/mol. The first-order valence-corrected chi connectivity index (χ1v) is 5.97. The molecule has 3 unspecified atom stereocenters. The van der Waals surface area contributed by atoms with Crippen molar-refractivity contribution in [3.05, 3.63) is 0 Å². The molecule has 0 aliphatic heterocycles. The second-order valence-electron chi connectivity index (χ2n) is 4.55. The summed E-state index contributed by atoms with van der Waals surface area (Å²) in [5.74, 6) is 1.39. The molecule has 0 saturated heterocycles. The molecule has 0 aromatic heterocycles. The molecule has 2 saturated carbocycles. The number of rotatable bonds is 2. The number of Topliss-reactive ketones (excluding diaryl/α,β-unsaturated/α-hetero) is 1. The predicted molar refractivity (Wildman–Crippen MR) is 55.1 cm³/mol. The van der Waals surface area contributed by atoms with Gasteiger partial charge in [0.15, 0.2) is 0 Å². The third-order valence-corrected chi connectivity index (χ3v) is 3.77. The molecule has 3 atom stereocenters. The van der Waals surface area contributed by atoms with Crippen LogP contribution < -0.4 is 0 Å². The molecule has 0 amide bonds. The molecule has 0 spiro atoms. The smallest absolute Gasteiger partial charge is 0.136 e. The van der Waals surface area contributed by atoms with E-state index in [0.29, 0.717) is 23.7 Å². The van der Waals surface area contributed by atoms with Crippen molar-refractivity contribution in [2.24, 2.45) is 11.8 Å². The number of carbonyl (C=O) groups is 1. The van der Waals surface area contributed by atoms with Crippen LogP contribution in [0.5, 0.6) is 0 Å². The lowest BCUT2D eigenvalue weighted by Gasteiger charge is -2.39. The highest BCUT2D eigenvalue weighted by Crippen LogP contribution is 2.39. The Morgan fingerprint density at radius 1 is 1.29 bits per heavy atom. The molecule has 0 bridgehead atoms. The summed E-state index contributed by atoms with van der Waals surface area (Å²) in [6.07, 6.45) is 6.96. The third-order valence-electron chi connectivity index (χ3n) is 3.77. The fourth-order valence-electron chi connectivity index (χ4n) is 3.11. The van der Waals surface area contributed by atoms with Crippen molar-refractivity contribution in [1.82, 2.24) is 0 Å². The Morgan fingerprint density at radius 2 is 2.07 bits per heavy atom. The number of hydrogen-bond acceptors (Lipinski definition) is 2. The van der Waals surface area contributed by atoms with Gasteiger partial charge >= 0.3 is 0 Å². The Hall–Kier alpha value is -0.370. The number of ketones is 1. The van der Waals surface area contributed by atoms with Gasteiger partial charge in [0.05, 0.1) is 6.10 Å². The van der Waals surface area contributed by atoms with E-state index in [1.807, 2.05) is 6.92 Å². The molecule has 14 heavy (non-hydrogen) atoms. The molecule has 2 aliphatic rings. The van der Waals surface area contributed by atoms with E-state index in [2.05, 4.69) is 0 Å². The molecule has 80 valence electrons. The van der Waals surface area contributed by atoms with Gasteiger partial charge in [-0.1, -0.05) is 12.8 Å². The van der Waals surface area contributed by atoms with Crippen molar-refractivity contribution in [2.45, 2.75) is 51.6 Å². The second kappa shape index (κ2) is 4.43. The van der Waals surface area contributed by atoms with Gasteiger partial charge in [0.25, 0.3) is 0 Å². The summed E-state index contributed by atoms with van der Waals surface area (Å²) in [5.41, 5.74) is 0. The zero-order valence-electron chi connectivity index (χ0n) is 9.00. The zero-order chi connectivity index (χ0) is 9.97. The van der Waals surface area contributed by atoms with Crippen LogP contribution in [-0.4, -0.2) is 18.5 Å². The van der Waals surface area contributed by atoms with Gasteiger partial charge in [0.1, 0.15) is 5.78 Å².